The number of hydrogen-bond donors (Lipinski definition) is 1. The lowest BCUT2D eigenvalue weighted by molar-refractivity contribution is -0.134. The number of urea groups is 1. The first-order valence-corrected chi connectivity index (χ1v) is 8.90. The first kappa shape index (κ1) is 19.3. The van der Waals surface area contributed by atoms with Gasteiger partial charge in [0, 0.05) is 6.20 Å². The molecule has 1 aliphatic heterocycles. The maximum Gasteiger partial charge on any atom is 0.325 e. The van der Waals surface area contributed by atoms with E-state index in [2.05, 4.69) is 10.3 Å². The number of carbonyl (C=O) groups is 3. The minimum absolute atomic E-state index is 0.112. The molecule has 4 amide bonds. The van der Waals surface area contributed by atoms with Crippen LogP contribution in [0, 0.1) is 0 Å². The minimum atomic E-state index is -0.548. The SMILES string of the molecule is COc1ccc(C(C)N(Cc2ccccn2)C(=O)CN2CC(=O)NC2=O)cc1. The molecule has 2 aromatic rings. The molecule has 8 nitrogen and oxygen atoms in total. The van der Waals surface area contributed by atoms with Crippen molar-refractivity contribution in [2.75, 3.05) is 20.2 Å². The first-order chi connectivity index (χ1) is 13.5. The predicted molar refractivity (Wildman–Crippen MR) is 101 cm³/mol. The fourth-order valence-corrected chi connectivity index (χ4v) is 3.03. The Hall–Kier alpha value is -3.42. The zero-order chi connectivity index (χ0) is 20.1. The van der Waals surface area contributed by atoms with Crippen LogP contribution in [0.1, 0.15) is 24.2 Å². The average Bonchev–Trinajstić information content (AvgIpc) is 3.03. The molecule has 1 fully saturated rings. The number of amides is 4. The summed E-state index contributed by atoms with van der Waals surface area (Å²) in [4.78, 5) is 43.4. The van der Waals surface area contributed by atoms with E-state index in [4.69, 9.17) is 4.74 Å². The second-order valence-electron chi connectivity index (χ2n) is 6.50. The van der Waals surface area contributed by atoms with Gasteiger partial charge in [-0.3, -0.25) is 19.9 Å². The van der Waals surface area contributed by atoms with Gasteiger partial charge in [-0.15, -0.1) is 0 Å². The number of ether oxygens (including phenoxy) is 1. The minimum Gasteiger partial charge on any atom is -0.497 e. The summed E-state index contributed by atoms with van der Waals surface area (Å²) < 4.78 is 5.19. The van der Waals surface area contributed by atoms with E-state index in [1.165, 1.54) is 4.90 Å². The third kappa shape index (κ3) is 4.46. The van der Waals surface area contributed by atoms with Gasteiger partial charge in [0.1, 0.15) is 18.8 Å². The van der Waals surface area contributed by atoms with Crippen LogP contribution in [0.4, 0.5) is 4.79 Å². The Bertz CT molecular complexity index is 854. The quantitative estimate of drug-likeness (QED) is 0.737. The molecule has 1 saturated heterocycles. The fraction of sp³-hybridized carbons (Fsp3) is 0.300. The van der Waals surface area contributed by atoms with Gasteiger partial charge >= 0.3 is 6.03 Å². The van der Waals surface area contributed by atoms with Crippen molar-refractivity contribution in [2.24, 2.45) is 0 Å². The van der Waals surface area contributed by atoms with E-state index in [1.807, 2.05) is 49.4 Å². The number of nitrogens with one attached hydrogen (secondary N) is 1. The molecule has 28 heavy (non-hydrogen) atoms. The van der Waals surface area contributed by atoms with Crippen molar-refractivity contribution in [3.63, 3.8) is 0 Å². The molecule has 2 heterocycles. The smallest absolute Gasteiger partial charge is 0.325 e. The molecule has 1 N–H and O–H groups in total. The molecule has 1 atom stereocenters. The highest BCUT2D eigenvalue weighted by Gasteiger charge is 2.31. The largest absolute Gasteiger partial charge is 0.497 e. The Balaban J connectivity index is 1.82. The van der Waals surface area contributed by atoms with Crippen molar-refractivity contribution in [1.29, 1.82) is 0 Å². The molecule has 8 heteroatoms. The summed E-state index contributed by atoms with van der Waals surface area (Å²) in [5, 5.41) is 2.19. The lowest BCUT2D eigenvalue weighted by atomic mass is 10.1. The number of imide groups is 1. The number of rotatable bonds is 7. The number of benzene rings is 1. The molecule has 1 aromatic heterocycles. The fourth-order valence-electron chi connectivity index (χ4n) is 3.03. The monoisotopic (exact) mass is 382 g/mol. The Morgan fingerprint density at radius 3 is 2.57 bits per heavy atom. The van der Waals surface area contributed by atoms with Crippen LogP contribution in [0.15, 0.2) is 48.7 Å². The molecular weight excluding hydrogens is 360 g/mol. The van der Waals surface area contributed by atoms with Gasteiger partial charge in [0.25, 0.3) is 0 Å². The van der Waals surface area contributed by atoms with Gasteiger partial charge in [0.05, 0.1) is 25.4 Å². The molecule has 0 spiro atoms. The molecule has 3 rings (SSSR count). The third-order valence-corrected chi connectivity index (χ3v) is 4.64. The lowest BCUT2D eigenvalue weighted by Crippen LogP contribution is -2.42. The van der Waals surface area contributed by atoms with Gasteiger partial charge in [0.15, 0.2) is 0 Å². The van der Waals surface area contributed by atoms with Crippen LogP contribution < -0.4 is 10.1 Å². The molecule has 0 aliphatic carbocycles. The number of pyridine rings is 1. The number of hydrogen-bond acceptors (Lipinski definition) is 5. The third-order valence-electron chi connectivity index (χ3n) is 4.64. The van der Waals surface area contributed by atoms with Gasteiger partial charge in [0.2, 0.25) is 11.8 Å². The summed E-state index contributed by atoms with van der Waals surface area (Å²) in [6.07, 6.45) is 1.67. The Morgan fingerprint density at radius 2 is 2.00 bits per heavy atom. The van der Waals surface area contributed by atoms with Crippen molar-refractivity contribution >= 4 is 17.8 Å². The van der Waals surface area contributed by atoms with E-state index in [-0.39, 0.29) is 31.6 Å². The van der Waals surface area contributed by atoms with Crippen LogP contribution in [0.2, 0.25) is 0 Å². The van der Waals surface area contributed by atoms with E-state index in [1.54, 1.807) is 18.2 Å². The number of methoxy groups -OCH3 is 1. The topological polar surface area (TPSA) is 91.8 Å². The maximum absolute atomic E-state index is 13.0. The van der Waals surface area contributed by atoms with E-state index < -0.39 is 11.9 Å². The predicted octanol–water partition coefficient (Wildman–Crippen LogP) is 1.73. The highest BCUT2D eigenvalue weighted by atomic mass is 16.5. The zero-order valence-electron chi connectivity index (χ0n) is 15.8. The second-order valence-corrected chi connectivity index (χ2v) is 6.50. The summed E-state index contributed by atoms with van der Waals surface area (Å²) in [5.74, 6) is 0.0573. The van der Waals surface area contributed by atoms with Crippen LogP contribution in [0.25, 0.3) is 0 Å². The van der Waals surface area contributed by atoms with E-state index in [0.717, 1.165) is 17.0 Å². The van der Waals surface area contributed by atoms with E-state index >= 15 is 0 Å². The summed E-state index contributed by atoms with van der Waals surface area (Å²) in [6, 6.07) is 12.2. The van der Waals surface area contributed by atoms with E-state index in [0.29, 0.717) is 0 Å². The van der Waals surface area contributed by atoms with Crippen molar-refractivity contribution < 1.29 is 19.1 Å². The van der Waals surface area contributed by atoms with Crippen LogP contribution >= 0.6 is 0 Å². The van der Waals surface area contributed by atoms with Gasteiger partial charge < -0.3 is 14.5 Å². The zero-order valence-corrected chi connectivity index (χ0v) is 15.8. The van der Waals surface area contributed by atoms with Gasteiger partial charge in [-0.25, -0.2) is 4.79 Å². The van der Waals surface area contributed by atoms with Gasteiger partial charge in [-0.05, 0) is 36.8 Å². The Labute approximate surface area is 163 Å². The molecule has 0 bridgehead atoms. The number of nitrogens with zero attached hydrogens (tertiary/aromatic N) is 3. The number of aromatic nitrogens is 1. The normalized spacial score (nSPS) is 14.6. The second kappa shape index (κ2) is 8.51. The van der Waals surface area contributed by atoms with Crippen LogP contribution in [0.3, 0.4) is 0 Å². The Kier molecular flexibility index (Phi) is 5.88. The standard InChI is InChI=1S/C20H22N4O4/c1-14(15-6-8-17(28-2)9-7-15)24(11-16-5-3-4-10-21-16)19(26)13-23-12-18(25)22-20(23)27/h3-10,14H,11-13H2,1-2H3,(H,22,25,27). The van der Waals surface area contributed by atoms with Crippen molar-refractivity contribution in [2.45, 2.75) is 19.5 Å². The van der Waals surface area contributed by atoms with Crippen LogP contribution in [-0.4, -0.2) is 52.8 Å². The van der Waals surface area contributed by atoms with E-state index in [9.17, 15) is 14.4 Å². The molecule has 1 aromatic carbocycles. The maximum atomic E-state index is 13.0. The Morgan fingerprint density at radius 1 is 1.25 bits per heavy atom. The van der Waals surface area contributed by atoms with Crippen molar-refractivity contribution in [3.05, 3.63) is 59.9 Å². The summed E-state index contributed by atoms with van der Waals surface area (Å²) in [6.45, 7) is 1.91. The number of carbonyl (C=O) groups excluding carboxylic acids is 3. The highest BCUT2D eigenvalue weighted by molar-refractivity contribution is 6.03. The van der Waals surface area contributed by atoms with Crippen LogP contribution in [-0.2, 0) is 16.1 Å². The average molecular weight is 382 g/mol. The van der Waals surface area contributed by atoms with Crippen molar-refractivity contribution in [1.82, 2.24) is 20.1 Å². The molecule has 0 saturated carbocycles. The summed E-state index contributed by atoms with van der Waals surface area (Å²) in [5.41, 5.74) is 1.66. The molecule has 0 radical (unpaired) electrons. The highest BCUT2D eigenvalue weighted by Crippen LogP contribution is 2.24. The lowest BCUT2D eigenvalue weighted by Gasteiger charge is -2.31. The molecule has 1 aliphatic rings. The summed E-state index contributed by atoms with van der Waals surface area (Å²) >= 11 is 0. The van der Waals surface area contributed by atoms with Crippen molar-refractivity contribution in [3.8, 4) is 5.75 Å². The van der Waals surface area contributed by atoms with Gasteiger partial charge in [-0.2, -0.15) is 0 Å². The van der Waals surface area contributed by atoms with Crippen LogP contribution in [0.5, 0.6) is 5.75 Å². The molecule has 1 unspecified atom stereocenters. The molecular formula is C20H22N4O4. The first-order valence-electron chi connectivity index (χ1n) is 8.90. The molecule has 146 valence electrons. The summed E-state index contributed by atoms with van der Waals surface area (Å²) in [7, 11) is 1.59. The van der Waals surface area contributed by atoms with Gasteiger partial charge in [-0.1, -0.05) is 18.2 Å².